The quantitative estimate of drug-likeness (QED) is 0.318. The number of H-pyrrole nitrogens is 1. The molecule has 0 aliphatic heterocycles. The predicted molar refractivity (Wildman–Crippen MR) is 143 cm³/mol. The molecule has 182 valence electrons. The van der Waals surface area contributed by atoms with Crippen molar-refractivity contribution < 1.29 is 9.59 Å². The highest BCUT2D eigenvalue weighted by molar-refractivity contribution is 7.99. The number of nitrogens with one attached hydrogen (secondary N) is 2. The van der Waals surface area contributed by atoms with E-state index in [-0.39, 0.29) is 17.7 Å². The fourth-order valence-corrected chi connectivity index (χ4v) is 4.91. The van der Waals surface area contributed by atoms with Crippen molar-refractivity contribution in [1.29, 1.82) is 0 Å². The summed E-state index contributed by atoms with van der Waals surface area (Å²) in [6.45, 7) is 6.28. The fourth-order valence-electron chi connectivity index (χ4n) is 3.90. The van der Waals surface area contributed by atoms with Gasteiger partial charge in [0.25, 0.3) is 5.91 Å². The van der Waals surface area contributed by atoms with Crippen LogP contribution in [0.25, 0.3) is 11.0 Å². The molecule has 2 aromatic rings. The van der Waals surface area contributed by atoms with E-state index in [0.717, 1.165) is 53.9 Å². The third-order valence-corrected chi connectivity index (χ3v) is 7.14. The predicted octanol–water partition coefficient (Wildman–Crippen LogP) is 6.70. The van der Waals surface area contributed by atoms with Crippen molar-refractivity contribution in [1.82, 2.24) is 15.3 Å². The van der Waals surface area contributed by atoms with Gasteiger partial charge in [0.15, 0.2) is 5.78 Å². The van der Waals surface area contributed by atoms with E-state index in [9.17, 15) is 9.59 Å². The Kier molecular flexibility index (Phi) is 10.0. The number of carbonyl (C=O) groups is 2. The third-order valence-electron chi connectivity index (χ3n) is 5.83. The van der Waals surface area contributed by atoms with Crippen LogP contribution in [0.2, 0.25) is 0 Å². The highest BCUT2D eigenvalue weighted by atomic mass is 35.5. The molecular weight excluding hydrogens is 466 g/mol. The van der Waals surface area contributed by atoms with Crippen LogP contribution < -0.4 is 5.32 Å². The Hall–Kier alpha value is -2.31. The lowest BCUT2D eigenvalue weighted by Crippen LogP contribution is -2.31. The van der Waals surface area contributed by atoms with E-state index in [1.54, 1.807) is 23.9 Å². The van der Waals surface area contributed by atoms with E-state index in [0.29, 0.717) is 34.8 Å². The molecule has 1 aliphatic rings. The van der Waals surface area contributed by atoms with Crippen LogP contribution in [-0.2, 0) is 9.59 Å². The molecule has 34 heavy (non-hydrogen) atoms. The van der Waals surface area contributed by atoms with Crippen LogP contribution in [0, 0.1) is 6.92 Å². The van der Waals surface area contributed by atoms with E-state index < -0.39 is 0 Å². The van der Waals surface area contributed by atoms with E-state index in [1.165, 1.54) is 0 Å². The highest BCUT2D eigenvalue weighted by Crippen LogP contribution is 2.26. The molecule has 1 aliphatic carbocycles. The van der Waals surface area contributed by atoms with E-state index in [2.05, 4.69) is 30.2 Å². The first-order valence-corrected chi connectivity index (χ1v) is 13.6. The van der Waals surface area contributed by atoms with E-state index >= 15 is 0 Å². The Morgan fingerprint density at radius 2 is 2.06 bits per heavy atom. The molecule has 1 unspecified atom stereocenters. The maximum atomic E-state index is 13.2. The summed E-state index contributed by atoms with van der Waals surface area (Å²) < 4.78 is 0. The van der Waals surface area contributed by atoms with Gasteiger partial charge in [0.2, 0.25) is 0 Å². The zero-order valence-corrected chi connectivity index (χ0v) is 21.8. The molecule has 2 N–H and O–H groups in total. The number of nitrogens with zero attached hydrogens (tertiary/aromatic N) is 1. The first-order valence-electron chi connectivity index (χ1n) is 12.1. The lowest BCUT2D eigenvalue weighted by atomic mass is 10.0. The third kappa shape index (κ3) is 7.09. The number of Topliss-reactive ketones (excluding diaryl/α,β-unsaturated/α-hetero) is 1. The van der Waals surface area contributed by atoms with Crippen molar-refractivity contribution >= 4 is 46.1 Å². The smallest absolute Gasteiger partial charge is 0.251 e. The number of benzene rings is 1. The van der Waals surface area contributed by atoms with Gasteiger partial charge in [0.1, 0.15) is 5.82 Å². The number of aryl methyl sites for hydroxylation is 1. The zero-order valence-electron chi connectivity index (χ0n) is 20.2. The first-order chi connectivity index (χ1) is 16.4. The average Bonchev–Trinajstić information content (AvgIpc) is 3.13. The summed E-state index contributed by atoms with van der Waals surface area (Å²) in [5.74, 6) is 2.20. The molecule has 0 saturated carbocycles. The molecule has 1 heterocycles. The van der Waals surface area contributed by atoms with Gasteiger partial charge in [0, 0.05) is 28.4 Å². The van der Waals surface area contributed by atoms with Gasteiger partial charge in [-0.15, -0.1) is 0 Å². The minimum absolute atomic E-state index is 0.0680. The summed E-state index contributed by atoms with van der Waals surface area (Å²) in [6, 6.07) is 5.79. The minimum Gasteiger partial charge on any atom is -0.341 e. The summed E-state index contributed by atoms with van der Waals surface area (Å²) in [7, 11) is 0. The standard InChI is InChI=1S/C27H34ClN3O2S/c1-4-6-7-8-12-25(32)20-11-9-10-19(16-21(20)28)27(33)31-24(17-34-5-2)26-29-22-14-13-18(3)15-23(22)30-26/h9-10,13-16,24H,4-8,11-12,17H2,1-3H3,(H,29,30)(H,31,33). The number of fused-ring (bicyclic) bond motifs is 1. The van der Waals surface area contributed by atoms with Crippen molar-refractivity contribution in [3.8, 4) is 0 Å². The second-order valence-electron chi connectivity index (χ2n) is 8.59. The molecule has 0 saturated heterocycles. The van der Waals surface area contributed by atoms with E-state index in [4.69, 9.17) is 16.6 Å². The molecule has 0 spiro atoms. The number of hydrogen-bond acceptors (Lipinski definition) is 4. The number of halogens is 1. The fraction of sp³-hybridized carbons (Fsp3) is 0.444. The van der Waals surface area contributed by atoms with Gasteiger partial charge < -0.3 is 10.3 Å². The second-order valence-corrected chi connectivity index (χ2v) is 10.3. The Balaban J connectivity index is 1.76. The number of rotatable bonds is 12. The topological polar surface area (TPSA) is 74.8 Å². The maximum absolute atomic E-state index is 13.2. The Labute approximate surface area is 211 Å². The van der Waals surface area contributed by atoms with E-state index in [1.807, 2.05) is 25.1 Å². The molecule has 0 fully saturated rings. The normalized spacial score (nSPS) is 14.8. The van der Waals surface area contributed by atoms with Gasteiger partial charge in [-0.1, -0.05) is 62.9 Å². The van der Waals surface area contributed by atoms with Crippen LogP contribution in [0.1, 0.15) is 69.8 Å². The van der Waals surface area contributed by atoms with Crippen molar-refractivity contribution in [2.45, 2.75) is 65.3 Å². The molecular formula is C27H34ClN3O2S. The Morgan fingerprint density at radius 1 is 1.24 bits per heavy atom. The SMILES string of the molecule is CCCCCCC(=O)C1=C(Cl)C=C(C(=O)NC(CSCC)c2nc3ccc(C)cc3[nH]2)C=CC1. The van der Waals surface area contributed by atoms with Crippen molar-refractivity contribution in [3.63, 3.8) is 0 Å². The van der Waals surface area contributed by atoms with Crippen LogP contribution in [0.5, 0.6) is 0 Å². The average molecular weight is 500 g/mol. The molecule has 3 rings (SSSR count). The summed E-state index contributed by atoms with van der Waals surface area (Å²) in [5, 5.41) is 3.47. The molecule has 1 aromatic heterocycles. The van der Waals surface area contributed by atoms with Gasteiger partial charge in [-0.3, -0.25) is 9.59 Å². The molecule has 1 atom stereocenters. The zero-order chi connectivity index (χ0) is 24.5. The van der Waals surface area contributed by atoms with Crippen LogP contribution in [0.3, 0.4) is 0 Å². The number of aromatic amines is 1. The lowest BCUT2D eigenvalue weighted by molar-refractivity contribution is -0.118. The van der Waals surface area contributed by atoms with Crippen LogP contribution in [-0.4, -0.2) is 33.2 Å². The largest absolute Gasteiger partial charge is 0.341 e. The number of amides is 1. The number of allylic oxidation sites excluding steroid dienone is 4. The first kappa shape index (κ1) is 26.3. The van der Waals surface area contributed by atoms with Gasteiger partial charge in [-0.2, -0.15) is 11.8 Å². The van der Waals surface area contributed by atoms with Crippen LogP contribution in [0.4, 0.5) is 0 Å². The van der Waals surface area contributed by atoms with Crippen molar-refractivity contribution in [2.24, 2.45) is 0 Å². The number of ketones is 1. The van der Waals surface area contributed by atoms with Gasteiger partial charge in [-0.05, 0) is 49.3 Å². The summed E-state index contributed by atoms with van der Waals surface area (Å²) in [6.07, 6.45) is 10.3. The highest BCUT2D eigenvalue weighted by Gasteiger charge is 2.22. The Morgan fingerprint density at radius 3 is 2.82 bits per heavy atom. The molecule has 5 nitrogen and oxygen atoms in total. The number of carbonyl (C=O) groups excluding carboxylic acids is 2. The Bertz CT molecular complexity index is 1120. The van der Waals surface area contributed by atoms with Crippen LogP contribution in [0.15, 0.2) is 52.6 Å². The minimum atomic E-state index is -0.273. The molecule has 1 aromatic carbocycles. The summed E-state index contributed by atoms with van der Waals surface area (Å²) >= 11 is 8.25. The number of aromatic nitrogens is 2. The lowest BCUT2D eigenvalue weighted by Gasteiger charge is -2.16. The number of unbranched alkanes of at least 4 members (excludes halogenated alkanes) is 3. The van der Waals surface area contributed by atoms with Crippen molar-refractivity contribution in [3.05, 3.63) is 64.0 Å². The summed E-state index contributed by atoms with van der Waals surface area (Å²) in [5.41, 5.74) is 4.01. The maximum Gasteiger partial charge on any atom is 0.251 e. The summed E-state index contributed by atoms with van der Waals surface area (Å²) in [4.78, 5) is 33.9. The second kappa shape index (κ2) is 13.0. The molecule has 7 heteroatoms. The van der Waals surface area contributed by atoms with Crippen LogP contribution >= 0.6 is 23.4 Å². The van der Waals surface area contributed by atoms with Gasteiger partial charge in [0.05, 0.1) is 17.1 Å². The number of imidazole rings is 1. The molecule has 0 bridgehead atoms. The number of hydrogen-bond donors (Lipinski definition) is 2. The van der Waals surface area contributed by atoms with Gasteiger partial charge in [-0.25, -0.2) is 4.98 Å². The van der Waals surface area contributed by atoms with Crippen molar-refractivity contribution in [2.75, 3.05) is 11.5 Å². The molecule has 1 amide bonds. The number of thioether (sulfide) groups is 1. The van der Waals surface area contributed by atoms with Gasteiger partial charge >= 0.3 is 0 Å². The monoisotopic (exact) mass is 499 g/mol. The molecule has 0 radical (unpaired) electrons.